The van der Waals surface area contributed by atoms with Crippen LogP contribution in [-0.2, 0) is 6.54 Å². The molecular formula is C16H18ClN4O2S2+. The Bertz CT molecular complexity index is 758. The molecule has 2 N–H and O–H groups in total. The summed E-state index contributed by atoms with van der Waals surface area (Å²) in [6.45, 7) is 4.78. The lowest BCUT2D eigenvalue weighted by Gasteiger charge is -2.33. The van der Waals surface area contributed by atoms with Gasteiger partial charge >= 0.3 is 0 Å². The smallest absolute Gasteiger partial charge is 0.269 e. The number of rotatable bonds is 4. The fourth-order valence-electron chi connectivity index (χ4n) is 2.76. The lowest BCUT2D eigenvalue weighted by molar-refractivity contribution is -0.917. The van der Waals surface area contributed by atoms with Crippen molar-refractivity contribution < 1.29 is 9.82 Å². The van der Waals surface area contributed by atoms with Crippen LogP contribution >= 0.6 is 35.2 Å². The summed E-state index contributed by atoms with van der Waals surface area (Å²) in [6.07, 6.45) is 0. The number of non-ortho nitro benzene ring substituents is 1. The SMILES string of the molecule is O=[N+]([O-])c1ccc(NC(=S)N2CC[NH+](Cc3ccc(Cl)s3)CC2)cc1. The fourth-order valence-corrected chi connectivity index (χ4v) is 4.22. The van der Waals surface area contributed by atoms with E-state index in [0.29, 0.717) is 5.11 Å². The number of hydrogen-bond donors (Lipinski definition) is 2. The molecule has 0 saturated carbocycles. The molecule has 0 unspecified atom stereocenters. The number of halogens is 1. The topological polar surface area (TPSA) is 62.9 Å². The second-order valence-corrected chi connectivity index (χ2v) is 8.04. The number of hydrogen-bond acceptors (Lipinski definition) is 4. The zero-order chi connectivity index (χ0) is 17.8. The third-order valence-electron chi connectivity index (χ3n) is 4.14. The van der Waals surface area contributed by atoms with Crippen LogP contribution in [0.25, 0.3) is 0 Å². The normalized spacial score (nSPS) is 15.2. The molecule has 0 radical (unpaired) electrons. The zero-order valence-corrected chi connectivity index (χ0v) is 15.8. The minimum Gasteiger partial charge on any atom is -0.338 e. The molecule has 1 aliphatic heterocycles. The predicted molar refractivity (Wildman–Crippen MR) is 105 cm³/mol. The molecule has 0 bridgehead atoms. The number of nitrogens with zero attached hydrogens (tertiary/aromatic N) is 2. The van der Waals surface area contributed by atoms with E-state index in [1.165, 1.54) is 21.9 Å². The summed E-state index contributed by atoms with van der Waals surface area (Å²) in [5.41, 5.74) is 0.834. The van der Waals surface area contributed by atoms with Crippen molar-refractivity contribution in [2.24, 2.45) is 0 Å². The first-order chi connectivity index (χ1) is 12.0. The lowest BCUT2D eigenvalue weighted by Crippen LogP contribution is -3.13. The third-order valence-corrected chi connectivity index (χ3v) is 5.73. The van der Waals surface area contributed by atoms with Gasteiger partial charge < -0.3 is 15.1 Å². The van der Waals surface area contributed by atoms with Gasteiger partial charge in [-0.05, 0) is 36.5 Å². The van der Waals surface area contributed by atoms with Crippen molar-refractivity contribution in [2.75, 3.05) is 31.5 Å². The van der Waals surface area contributed by atoms with Gasteiger partial charge in [0, 0.05) is 17.8 Å². The number of thiophene rings is 1. The van der Waals surface area contributed by atoms with Crippen LogP contribution in [-0.4, -0.2) is 41.1 Å². The second-order valence-electron chi connectivity index (χ2n) is 5.85. The molecule has 1 saturated heterocycles. The van der Waals surface area contributed by atoms with E-state index in [1.807, 2.05) is 6.07 Å². The lowest BCUT2D eigenvalue weighted by atomic mass is 10.3. The summed E-state index contributed by atoms with van der Waals surface area (Å²) in [5, 5.41) is 14.5. The van der Waals surface area contributed by atoms with Crippen molar-refractivity contribution in [3.8, 4) is 0 Å². The minimum atomic E-state index is -0.412. The van der Waals surface area contributed by atoms with E-state index in [4.69, 9.17) is 23.8 Å². The van der Waals surface area contributed by atoms with Crippen molar-refractivity contribution in [3.05, 3.63) is 55.7 Å². The van der Waals surface area contributed by atoms with Crippen LogP contribution in [0.5, 0.6) is 0 Å². The van der Waals surface area contributed by atoms with E-state index in [0.717, 1.165) is 42.7 Å². The number of nitrogens with one attached hydrogen (secondary N) is 2. The number of anilines is 1. The van der Waals surface area contributed by atoms with Crippen molar-refractivity contribution >= 4 is 51.6 Å². The van der Waals surface area contributed by atoms with Crippen LogP contribution in [0.2, 0.25) is 4.34 Å². The highest BCUT2D eigenvalue weighted by atomic mass is 35.5. The Morgan fingerprint density at radius 1 is 1.28 bits per heavy atom. The average Bonchev–Trinajstić information content (AvgIpc) is 3.01. The highest BCUT2D eigenvalue weighted by molar-refractivity contribution is 7.80. The summed E-state index contributed by atoms with van der Waals surface area (Å²) in [6, 6.07) is 10.3. The van der Waals surface area contributed by atoms with Gasteiger partial charge in [-0.25, -0.2) is 0 Å². The molecular weight excluding hydrogens is 380 g/mol. The maximum atomic E-state index is 10.7. The summed E-state index contributed by atoms with van der Waals surface area (Å²) < 4.78 is 0.835. The fraction of sp³-hybridized carbons (Fsp3) is 0.312. The number of benzene rings is 1. The Hall–Kier alpha value is -1.74. The molecule has 3 rings (SSSR count). The van der Waals surface area contributed by atoms with E-state index >= 15 is 0 Å². The Morgan fingerprint density at radius 2 is 1.96 bits per heavy atom. The average molecular weight is 398 g/mol. The second kappa shape index (κ2) is 8.09. The van der Waals surface area contributed by atoms with Crippen LogP contribution in [0.3, 0.4) is 0 Å². The van der Waals surface area contributed by atoms with Crippen LogP contribution < -0.4 is 10.2 Å². The minimum absolute atomic E-state index is 0.0716. The standard InChI is InChI=1S/C16H17ClN4O2S2/c17-15-6-5-14(25-15)11-19-7-9-20(10-8-19)16(24)18-12-1-3-13(4-2-12)21(22)23/h1-6H,7-11H2,(H,18,24)/p+1. The largest absolute Gasteiger partial charge is 0.338 e. The molecule has 1 fully saturated rings. The van der Waals surface area contributed by atoms with E-state index in [1.54, 1.807) is 23.5 Å². The molecule has 0 spiro atoms. The molecule has 1 aliphatic rings. The summed E-state index contributed by atoms with van der Waals surface area (Å²) in [7, 11) is 0. The Kier molecular flexibility index (Phi) is 5.85. The first-order valence-electron chi connectivity index (χ1n) is 7.89. The van der Waals surface area contributed by atoms with Crippen LogP contribution in [0.15, 0.2) is 36.4 Å². The first kappa shape index (κ1) is 18.1. The molecule has 25 heavy (non-hydrogen) atoms. The number of thiocarbonyl (C=S) groups is 1. The molecule has 1 aromatic heterocycles. The Labute approximate surface area is 160 Å². The molecule has 2 heterocycles. The molecule has 0 aliphatic carbocycles. The van der Waals surface area contributed by atoms with Crippen LogP contribution in [0.4, 0.5) is 11.4 Å². The predicted octanol–water partition coefficient (Wildman–Crippen LogP) is 2.41. The number of nitro groups is 1. The van der Waals surface area contributed by atoms with Crippen molar-refractivity contribution in [1.82, 2.24) is 4.90 Å². The van der Waals surface area contributed by atoms with Crippen LogP contribution in [0.1, 0.15) is 4.88 Å². The van der Waals surface area contributed by atoms with Gasteiger partial charge in [-0.1, -0.05) is 11.6 Å². The van der Waals surface area contributed by atoms with Gasteiger partial charge in [0.05, 0.1) is 40.3 Å². The van der Waals surface area contributed by atoms with E-state index in [-0.39, 0.29) is 5.69 Å². The van der Waals surface area contributed by atoms with Crippen molar-refractivity contribution in [1.29, 1.82) is 0 Å². The van der Waals surface area contributed by atoms with Crippen molar-refractivity contribution in [2.45, 2.75) is 6.54 Å². The third kappa shape index (κ3) is 4.88. The maximum absolute atomic E-state index is 10.7. The van der Waals surface area contributed by atoms with Gasteiger partial charge in [0.1, 0.15) is 6.54 Å². The number of quaternary nitrogens is 1. The number of nitro benzene ring substituents is 1. The van der Waals surface area contributed by atoms with E-state index in [2.05, 4.69) is 16.3 Å². The Morgan fingerprint density at radius 3 is 2.52 bits per heavy atom. The molecule has 0 atom stereocenters. The van der Waals surface area contributed by atoms with E-state index < -0.39 is 4.92 Å². The maximum Gasteiger partial charge on any atom is 0.269 e. The first-order valence-corrected chi connectivity index (χ1v) is 9.50. The summed E-state index contributed by atoms with van der Waals surface area (Å²) in [4.78, 5) is 15.2. The Balaban J connectivity index is 1.48. The number of piperazine rings is 1. The molecule has 132 valence electrons. The quantitative estimate of drug-likeness (QED) is 0.471. The van der Waals surface area contributed by atoms with Gasteiger partial charge in [-0.15, -0.1) is 11.3 Å². The molecule has 2 aromatic rings. The highest BCUT2D eigenvalue weighted by Crippen LogP contribution is 2.20. The summed E-state index contributed by atoms with van der Waals surface area (Å²) in [5.74, 6) is 0. The molecule has 0 amide bonds. The highest BCUT2D eigenvalue weighted by Gasteiger charge is 2.22. The zero-order valence-electron chi connectivity index (χ0n) is 13.4. The van der Waals surface area contributed by atoms with Crippen molar-refractivity contribution in [3.63, 3.8) is 0 Å². The molecule has 6 nitrogen and oxygen atoms in total. The van der Waals surface area contributed by atoms with Gasteiger partial charge in [0.25, 0.3) is 5.69 Å². The molecule has 9 heteroatoms. The monoisotopic (exact) mass is 397 g/mol. The van der Waals surface area contributed by atoms with Crippen LogP contribution in [0, 0.1) is 10.1 Å². The van der Waals surface area contributed by atoms with E-state index in [9.17, 15) is 10.1 Å². The van der Waals surface area contributed by atoms with Gasteiger partial charge in [0.15, 0.2) is 5.11 Å². The van der Waals surface area contributed by atoms with Gasteiger partial charge in [0.2, 0.25) is 0 Å². The van der Waals surface area contributed by atoms with Gasteiger partial charge in [-0.2, -0.15) is 0 Å². The molecule has 1 aromatic carbocycles. The summed E-state index contributed by atoms with van der Waals surface area (Å²) >= 11 is 13.1. The van der Waals surface area contributed by atoms with Gasteiger partial charge in [-0.3, -0.25) is 10.1 Å².